The molecule has 2 heterocycles. The van der Waals surface area contributed by atoms with Gasteiger partial charge >= 0.3 is 0 Å². The number of methoxy groups -OCH3 is 1. The minimum absolute atomic E-state index is 0.231. The predicted molar refractivity (Wildman–Crippen MR) is 111 cm³/mol. The number of nitrogens with zero attached hydrogens (tertiary/aromatic N) is 3. The van der Waals surface area contributed by atoms with E-state index in [4.69, 9.17) is 4.74 Å². The monoisotopic (exact) mass is 384 g/mol. The molecule has 144 valence electrons. The van der Waals surface area contributed by atoms with Crippen molar-refractivity contribution in [3.8, 4) is 22.7 Å². The van der Waals surface area contributed by atoms with Crippen LogP contribution >= 0.6 is 0 Å². The maximum absolute atomic E-state index is 12.7. The van der Waals surface area contributed by atoms with Crippen molar-refractivity contribution in [3.63, 3.8) is 0 Å². The van der Waals surface area contributed by atoms with Crippen LogP contribution < -0.4 is 10.1 Å². The molecule has 6 nitrogen and oxygen atoms in total. The zero-order chi connectivity index (χ0) is 20.1. The SMILES string of the molecule is COc1ccc(CNC(=O)c2cc(-c3ccncc3)n(-c3ccccc3)n2)cc1. The van der Waals surface area contributed by atoms with Gasteiger partial charge in [-0.05, 0) is 48.0 Å². The van der Waals surface area contributed by atoms with Gasteiger partial charge in [0.05, 0.1) is 18.5 Å². The minimum atomic E-state index is -0.231. The lowest BCUT2D eigenvalue weighted by Crippen LogP contribution is -2.23. The van der Waals surface area contributed by atoms with Crippen molar-refractivity contribution in [3.05, 3.63) is 96.4 Å². The topological polar surface area (TPSA) is 69.0 Å². The molecule has 6 heteroatoms. The van der Waals surface area contributed by atoms with Gasteiger partial charge < -0.3 is 10.1 Å². The van der Waals surface area contributed by atoms with Gasteiger partial charge in [-0.1, -0.05) is 30.3 Å². The van der Waals surface area contributed by atoms with E-state index in [-0.39, 0.29) is 5.91 Å². The number of carbonyl (C=O) groups excluding carboxylic acids is 1. The van der Waals surface area contributed by atoms with Crippen molar-refractivity contribution < 1.29 is 9.53 Å². The molecule has 0 aliphatic heterocycles. The van der Waals surface area contributed by atoms with Gasteiger partial charge in [-0.3, -0.25) is 9.78 Å². The highest BCUT2D eigenvalue weighted by molar-refractivity contribution is 5.93. The van der Waals surface area contributed by atoms with Crippen molar-refractivity contribution in [1.29, 1.82) is 0 Å². The fourth-order valence-corrected chi connectivity index (χ4v) is 3.00. The number of rotatable bonds is 6. The van der Waals surface area contributed by atoms with Crippen LogP contribution in [-0.4, -0.2) is 27.8 Å². The van der Waals surface area contributed by atoms with E-state index in [0.717, 1.165) is 28.3 Å². The first-order valence-corrected chi connectivity index (χ1v) is 9.21. The predicted octanol–water partition coefficient (Wildman–Crippen LogP) is 3.87. The maximum atomic E-state index is 12.7. The number of ether oxygens (including phenoxy) is 1. The molecular formula is C23H20N4O2. The molecule has 2 aromatic heterocycles. The van der Waals surface area contributed by atoms with Crippen LogP contribution in [0.15, 0.2) is 85.2 Å². The number of nitrogens with one attached hydrogen (secondary N) is 1. The molecule has 29 heavy (non-hydrogen) atoms. The van der Waals surface area contributed by atoms with Gasteiger partial charge in [0.1, 0.15) is 5.75 Å². The molecule has 0 aliphatic rings. The Morgan fingerprint density at radius 1 is 1.00 bits per heavy atom. The van der Waals surface area contributed by atoms with Crippen LogP contribution in [0, 0.1) is 0 Å². The second kappa shape index (κ2) is 8.39. The Morgan fingerprint density at radius 3 is 2.41 bits per heavy atom. The number of hydrogen-bond acceptors (Lipinski definition) is 4. The van der Waals surface area contributed by atoms with Crippen molar-refractivity contribution in [2.24, 2.45) is 0 Å². The molecule has 4 aromatic rings. The van der Waals surface area contributed by atoms with E-state index in [2.05, 4.69) is 15.4 Å². The van der Waals surface area contributed by atoms with Gasteiger partial charge in [0.15, 0.2) is 5.69 Å². The summed E-state index contributed by atoms with van der Waals surface area (Å²) in [7, 11) is 1.63. The molecule has 0 spiro atoms. The number of aromatic nitrogens is 3. The number of hydrogen-bond donors (Lipinski definition) is 1. The first kappa shape index (κ1) is 18.4. The normalized spacial score (nSPS) is 10.5. The molecule has 0 aliphatic carbocycles. The van der Waals surface area contributed by atoms with E-state index >= 15 is 0 Å². The van der Waals surface area contributed by atoms with Gasteiger partial charge in [0, 0.05) is 24.5 Å². The van der Waals surface area contributed by atoms with Crippen LogP contribution in [0.5, 0.6) is 5.75 Å². The first-order chi connectivity index (χ1) is 14.2. The highest BCUT2D eigenvalue weighted by Crippen LogP contribution is 2.23. The average Bonchev–Trinajstić information content (AvgIpc) is 3.25. The first-order valence-electron chi connectivity index (χ1n) is 9.21. The lowest BCUT2D eigenvalue weighted by atomic mass is 10.1. The summed E-state index contributed by atoms with van der Waals surface area (Å²) in [5.41, 5.74) is 3.98. The Balaban J connectivity index is 1.60. The number of carbonyl (C=O) groups is 1. The second-order valence-corrected chi connectivity index (χ2v) is 6.43. The third-order valence-electron chi connectivity index (χ3n) is 4.53. The lowest BCUT2D eigenvalue weighted by molar-refractivity contribution is 0.0945. The van der Waals surface area contributed by atoms with Gasteiger partial charge in [-0.25, -0.2) is 4.68 Å². The van der Waals surface area contributed by atoms with Crippen molar-refractivity contribution in [1.82, 2.24) is 20.1 Å². The highest BCUT2D eigenvalue weighted by Gasteiger charge is 2.16. The summed E-state index contributed by atoms with van der Waals surface area (Å²) in [5.74, 6) is 0.550. The van der Waals surface area contributed by atoms with E-state index in [1.54, 1.807) is 30.3 Å². The molecule has 0 radical (unpaired) electrons. The van der Waals surface area contributed by atoms with Crippen LogP contribution in [-0.2, 0) is 6.54 Å². The van der Waals surface area contributed by atoms with Crippen LogP contribution in [0.25, 0.3) is 16.9 Å². The Labute approximate surface area is 168 Å². The lowest BCUT2D eigenvalue weighted by Gasteiger charge is -2.07. The fourth-order valence-electron chi connectivity index (χ4n) is 3.00. The van der Waals surface area contributed by atoms with Gasteiger partial charge in [-0.15, -0.1) is 0 Å². The third-order valence-corrected chi connectivity index (χ3v) is 4.53. The molecule has 0 atom stereocenters. The van der Waals surface area contributed by atoms with E-state index < -0.39 is 0 Å². The average molecular weight is 384 g/mol. The highest BCUT2D eigenvalue weighted by atomic mass is 16.5. The van der Waals surface area contributed by atoms with E-state index in [9.17, 15) is 4.79 Å². The Bertz CT molecular complexity index is 1030. The molecule has 1 amide bonds. The van der Waals surface area contributed by atoms with Gasteiger partial charge in [-0.2, -0.15) is 5.10 Å². The van der Waals surface area contributed by atoms with Crippen molar-refractivity contribution in [2.45, 2.75) is 6.54 Å². The molecule has 2 aromatic carbocycles. The molecular weight excluding hydrogens is 364 g/mol. The second-order valence-electron chi connectivity index (χ2n) is 6.43. The molecule has 0 bridgehead atoms. The van der Waals surface area contributed by atoms with Crippen LogP contribution in [0.3, 0.4) is 0 Å². The summed E-state index contributed by atoms with van der Waals surface area (Å²) in [4.78, 5) is 16.8. The Kier molecular flexibility index (Phi) is 5.33. The fraction of sp³-hybridized carbons (Fsp3) is 0.0870. The van der Waals surface area contributed by atoms with Crippen LogP contribution in [0.4, 0.5) is 0 Å². The van der Waals surface area contributed by atoms with Crippen molar-refractivity contribution in [2.75, 3.05) is 7.11 Å². The van der Waals surface area contributed by atoms with Gasteiger partial charge in [0.2, 0.25) is 0 Å². The summed E-state index contributed by atoms with van der Waals surface area (Å²) in [6, 6.07) is 22.9. The smallest absolute Gasteiger partial charge is 0.272 e. The molecule has 0 saturated heterocycles. The number of para-hydroxylation sites is 1. The number of amides is 1. The Hall–Kier alpha value is -3.93. The Morgan fingerprint density at radius 2 is 1.72 bits per heavy atom. The van der Waals surface area contributed by atoms with E-state index in [0.29, 0.717) is 12.2 Å². The van der Waals surface area contributed by atoms with Crippen molar-refractivity contribution >= 4 is 5.91 Å². The van der Waals surface area contributed by atoms with E-state index in [1.807, 2.05) is 66.7 Å². The third kappa shape index (κ3) is 4.16. The number of benzene rings is 2. The maximum Gasteiger partial charge on any atom is 0.272 e. The summed E-state index contributed by atoms with van der Waals surface area (Å²) in [5, 5.41) is 7.49. The summed E-state index contributed by atoms with van der Waals surface area (Å²) >= 11 is 0. The quantitative estimate of drug-likeness (QED) is 0.548. The van der Waals surface area contributed by atoms with Crippen LogP contribution in [0.1, 0.15) is 16.1 Å². The molecule has 0 saturated carbocycles. The van der Waals surface area contributed by atoms with E-state index in [1.165, 1.54) is 0 Å². The zero-order valence-electron chi connectivity index (χ0n) is 15.9. The molecule has 0 fully saturated rings. The largest absolute Gasteiger partial charge is 0.497 e. The summed E-state index contributed by atoms with van der Waals surface area (Å²) < 4.78 is 6.93. The zero-order valence-corrected chi connectivity index (χ0v) is 15.9. The molecule has 1 N–H and O–H groups in total. The van der Waals surface area contributed by atoms with Crippen LogP contribution in [0.2, 0.25) is 0 Å². The standard InChI is InChI=1S/C23H20N4O2/c1-29-20-9-7-17(8-10-20)16-25-23(28)21-15-22(18-11-13-24-14-12-18)27(26-21)19-5-3-2-4-6-19/h2-15H,16H2,1H3,(H,25,28). The molecule has 0 unspecified atom stereocenters. The number of pyridine rings is 1. The van der Waals surface area contributed by atoms with Gasteiger partial charge in [0.25, 0.3) is 5.91 Å². The summed E-state index contributed by atoms with van der Waals surface area (Å²) in [6.45, 7) is 0.408. The minimum Gasteiger partial charge on any atom is -0.497 e. The molecule has 4 rings (SSSR count). The summed E-state index contributed by atoms with van der Waals surface area (Å²) in [6.07, 6.45) is 3.45.